The van der Waals surface area contributed by atoms with E-state index in [0.29, 0.717) is 6.04 Å². The van der Waals surface area contributed by atoms with Crippen LogP contribution >= 0.6 is 11.6 Å². The van der Waals surface area contributed by atoms with Crippen LogP contribution in [0.25, 0.3) is 11.3 Å². The van der Waals surface area contributed by atoms with Gasteiger partial charge in [-0.2, -0.15) is 5.10 Å². The van der Waals surface area contributed by atoms with Crippen LogP contribution in [0, 0.1) is 6.92 Å². The van der Waals surface area contributed by atoms with Gasteiger partial charge in [-0.3, -0.25) is 19.9 Å². The summed E-state index contributed by atoms with van der Waals surface area (Å²) in [5.41, 5.74) is 5.43. The summed E-state index contributed by atoms with van der Waals surface area (Å²) in [7, 11) is 0. The number of benzene rings is 1. The molecule has 1 saturated heterocycles. The number of H-pyrrole nitrogens is 1. The molecule has 2 N–H and O–H groups in total. The van der Waals surface area contributed by atoms with Gasteiger partial charge in [0.1, 0.15) is 0 Å². The van der Waals surface area contributed by atoms with E-state index in [9.17, 15) is 5.11 Å². The Balaban J connectivity index is 1.44. The maximum Gasteiger partial charge on any atom is 0.0695 e. The first-order valence-electron chi connectivity index (χ1n) is 10.4. The molecular formula is C23H28ClN5O. The number of aryl methyl sites for hydroxylation is 1. The molecule has 30 heavy (non-hydrogen) atoms. The summed E-state index contributed by atoms with van der Waals surface area (Å²) in [6.07, 6.45) is 2.67. The van der Waals surface area contributed by atoms with Crippen LogP contribution in [0.4, 0.5) is 0 Å². The third-order valence-electron chi connectivity index (χ3n) is 5.71. The molecule has 1 aliphatic rings. The molecule has 4 rings (SSSR count). The Labute approximate surface area is 182 Å². The summed E-state index contributed by atoms with van der Waals surface area (Å²) >= 11 is 6.03. The van der Waals surface area contributed by atoms with Crippen LogP contribution in [-0.2, 0) is 13.1 Å². The molecule has 0 aliphatic carbocycles. The molecule has 7 heteroatoms. The van der Waals surface area contributed by atoms with Crippen molar-refractivity contribution in [3.8, 4) is 11.3 Å². The summed E-state index contributed by atoms with van der Waals surface area (Å²) < 4.78 is 0. The Morgan fingerprint density at radius 1 is 1.13 bits per heavy atom. The van der Waals surface area contributed by atoms with Gasteiger partial charge in [-0.15, -0.1) is 0 Å². The smallest absolute Gasteiger partial charge is 0.0695 e. The van der Waals surface area contributed by atoms with Crippen LogP contribution in [0.1, 0.15) is 23.4 Å². The lowest BCUT2D eigenvalue weighted by Crippen LogP contribution is -2.52. The largest absolute Gasteiger partial charge is 0.396 e. The molecule has 0 spiro atoms. The van der Waals surface area contributed by atoms with Gasteiger partial charge in [0.2, 0.25) is 0 Å². The van der Waals surface area contributed by atoms with Crippen molar-refractivity contribution in [2.24, 2.45) is 0 Å². The summed E-state index contributed by atoms with van der Waals surface area (Å²) in [5, 5.41) is 17.8. The number of nitrogens with zero attached hydrogens (tertiary/aromatic N) is 4. The highest BCUT2D eigenvalue weighted by Gasteiger charge is 2.27. The Bertz CT molecular complexity index is 958. The van der Waals surface area contributed by atoms with E-state index in [4.69, 9.17) is 11.6 Å². The van der Waals surface area contributed by atoms with Crippen LogP contribution in [0.2, 0.25) is 5.02 Å². The Morgan fingerprint density at radius 3 is 2.73 bits per heavy atom. The van der Waals surface area contributed by atoms with E-state index in [1.807, 2.05) is 43.5 Å². The Morgan fingerprint density at radius 2 is 1.97 bits per heavy atom. The first-order valence-corrected chi connectivity index (χ1v) is 10.8. The molecule has 6 nitrogen and oxygen atoms in total. The minimum absolute atomic E-state index is 0.192. The highest BCUT2D eigenvalue weighted by atomic mass is 35.5. The van der Waals surface area contributed by atoms with Crippen molar-refractivity contribution in [2.75, 3.05) is 26.2 Å². The average molecular weight is 426 g/mol. The van der Waals surface area contributed by atoms with Gasteiger partial charge in [0.25, 0.3) is 0 Å². The van der Waals surface area contributed by atoms with E-state index < -0.39 is 0 Å². The number of halogens is 1. The number of rotatable bonds is 7. The zero-order valence-electron chi connectivity index (χ0n) is 17.3. The number of pyridine rings is 1. The summed E-state index contributed by atoms with van der Waals surface area (Å²) in [4.78, 5) is 9.55. The van der Waals surface area contributed by atoms with Gasteiger partial charge in [-0.05, 0) is 43.2 Å². The van der Waals surface area contributed by atoms with E-state index in [2.05, 4.69) is 37.1 Å². The van der Waals surface area contributed by atoms with E-state index in [1.165, 1.54) is 5.56 Å². The quantitative estimate of drug-likeness (QED) is 0.606. The number of piperazine rings is 1. The molecule has 1 fully saturated rings. The van der Waals surface area contributed by atoms with Crippen molar-refractivity contribution in [1.29, 1.82) is 0 Å². The second-order valence-electron chi connectivity index (χ2n) is 7.92. The lowest BCUT2D eigenvalue weighted by Gasteiger charge is -2.41. The number of aliphatic hydroxyl groups excluding tert-OH is 1. The normalized spacial score (nSPS) is 18.0. The highest BCUT2D eigenvalue weighted by molar-refractivity contribution is 6.30. The molecule has 0 unspecified atom stereocenters. The minimum atomic E-state index is 0.192. The van der Waals surface area contributed by atoms with Crippen LogP contribution in [0.15, 0.2) is 48.7 Å². The van der Waals surface area contributed by atoms with Crippen molar-refractivity contribution in [3.05, 3.63) is 70.6 Å². The SMILES string of the molecule is Cc1cccc(CN2CCN(Cc3cn[nH]c3-c3ccc(Cl)cc3)C[C@@H]2CCO)n1. The van der Waals surface area contributed by atoms with Crippen molar-refractivity contribution >= 4 is 11.6 Å². The van der Waals surface area contributed by atoms with Gasteiger partial charge < -0.3 is 5.11 Å². The predicted molar refractivity (Wildman–Crippen MR) is 119 cm³/mol. The molecule has 2 aromatic heterocycles. The topological polar surface area (TPSA) is 68.3 Å². The maximum atomic E-state index is 9.62. The van der Waals surface area contributed by atoms with Crippen LogP contribution < -0.4 is 0 Å². The molecule has 0 amide bonds. The fourth-order valence-corrected chi connectivity index (χ4v) is 4.29. The summed E-state index contributed by atoms with van der Waals surface area (Å²) in [6, 6.07) is 14.3. The Hall–Kier alpha value is -2.25. The van der Waals surface area contributed by atoms with Crippen LogP contribution in [-0.4, -0.2) is 62.4 Å². The molecule has 0 saturated carbocycles. The first kappa shape index (κ1) is 21.0. The third-order valence-corrected chi connectivity index (χ3v) is 5.96. The zero-order valence-corrected chi connectivity index (χ0v) is 18.0. The highest BCUT2D eigenvalue weighted by Crippen LogP contribution is 2.25. The summed E-state index contributed by atoms with van der Waals surface area (Å²) in [6.45, 7) is 6.70. The number of aliphatic hydroxyl groups is 1. The standard InChI is InChI=1S/C23H28ClN5O/c1-17-3-2-4-21(26-17)15-29-11-10-28(16-22(29)9-12-30)14-19-13-25-27-23(19)18-5-7-20(24)8-6-18/h2-8,13,22,30H,9-12,14-16H2,1H3,(H,25,27)/t22-/m0/s1. The fourth-order valence-electron chi connectivity index (χ4n) is 4.17. The second kappa shape index (κ2) is 9.71. The molecule has 1 aliphatic heterocycles. The summed E-state index contributed by atoms with van der Waals surface area (Å²) in [5.74, 6) is 0. The van der Waals surface area contributed by atoms with Gasteiger partial charge >= 0.3 is 0 Å². The van der Waals surface area contributed by atoms with Crippen molar-refractivity contribution in [2.45, 2.75) is 32.5 Å². The van der Waals surface area contributed by atoms with Crippen molar-refractivity contribution < 1.29 is 5.11 Å². The lowest BCUT2D eigenvalue weighted by atomic mass is 10.1. The molecular weight excluding hydrogens is 398 g/mol. The monoisotopic (exact) mass is 425 g/mol. The van der Waals surface area contributed by atoms with Gasteiger partial charge in [0, 0.05) is 61.7 Å². The van der Waals surface area contributed by atoms with Crippen molar-refractivity contribution in [1.82, 2.24) is 25.0 Å². The fraction of sp³-hybridized carbons (Fsp3) is 0.391. The molecule has 0 radical (unpaired) electrons. The van der Waals surface area contributed by atoms with Crippen molar-refractivity contribution in [3.63, 3.8) is 0 Å². The predicted octanol–water partition coefficient (Wildman–Crippen LogP) is 3.50. The maximum absolute atomic E-state index is 9.62. The van der Waals surface area contributed by atoms with Crippen LogP contribution in [0.5, 0.6) is 0 Å². The van der Waals surface area contributed by atoms with Gasteiger partial charge in [-0.1, -0.05) is 29.8 Å². The molecule has 0 bridgehead atoms. The minimum Gasteiger partial charge on any atom is -0.396 e. The van der Waals surface area contributed by atoms with E-state index in [1.54, 1.807) is 0 Å². The zero-order chi connectivity index (χ0) is 20.9. The molecule has 3 heterocycles. The number of aromatic nitrogens is 3. The number of hydrogen-bond donors (Lipinski definition) is 2. The van der Waals surface area contributed by atoms with Gasteiger partial charge in [0.05, 0.1) is 17.6 Å². The molecule has 158 valence electrons. The molecule has 1 aromatic carbocycles. The second-order valence-corrected chi connectivity index (χ2v) is 8.36. The molecule has 1 atom stereocenters. The van der Waals surface area contributed by atoms with Gasteiger partial charge in [-0.25, -0.2) is 0 Å². The Kier molecular flexibility index (Phi) is 6.79. The number of hydrogen-bond acceptors (Lipinski definition) is 5. The lowest BCUT2D eigenvalue weighted by molar-refractivity contribution is 0.0492. The average Bonchev–Trinajstić information content (AvgIpc) is 3.19. The number of nitrogens with one attached hydrogen (secondary N) is 1. The van der Waals surface area contributed by atoms with Crippen LogP contribution in [0.3, 0.4) is 0 Å². The number of aromatic amines is 1. The van der Waals surface area contributed by atoms with E-state index in [-0.39, 0.29) is 6.61 Å². The van der Waals surface area contributed by atoms with Gasteiger partial charge in [0.15, 0.2) is 0 Å². The first-order chi connectivity index (χ1) is 14.6. The van der Waals surface area contributed by atoms with E-state index >= 15 is 0 Å². The van der Waals surface area contributed by atoms with E-state index in [0.717, 1.165) is 66.8 Å². The third kappa shape index (κ3) is 5.08. The molecule has 3 aromatic rings.